The number of anilines is 2. The van der Waals surface area contributed by atoms with Crippen LogP contribution in [0.25, 0.3) is 0 Å². The third-order valence-corrected chi connectivity index (χ3v) is 4.34. The molecule has 0 saturated heterocycles. The van der Waals surface area contributed by atoms with Crippen LogP contribution in [0, 0.1) is 22.5 Å². The van der Waals surface area contributed by atoms with Crippen LogP contribution in [0.15, 0.2) is 36.4 Å². The van der Waals surface area contributed by atoms with E-state index in [1.807, 2.05) is 0 Å². The van der Waals surface area contributed by atoms with Gasteiger partial charge in [0.25, 0.3) is 11.6 Å². The Morgan fingerprint density at radius 1 is 1.26 bits per heavy atom. The molecular weight excluding hydrogens is 350 g/mol. The highest BCUT2D eigenvalue weighted by molar-refractivity contribution is 6.05. The van der Waals surface area contributed by atoms with Gasteiger partial charge in [-0.25, -0.2) is 0 Å². The molecule has 1 heterocycles. The first-order chi connectivity index (χ1) is 12.7. The van der Waals surface area contributed by atoms with Gasteiger partial charge in [0.15, 0.2) is 0 Å². The number of rotatable bonds is 3. The number of nitrogens with one attached hydrogen (secondary N) is 2. The molecule has 0 atom stereocenters. The predicted octanol–water partition coefficient (Wildman–Crippen LogP) is 3.51. The summed E-state index contributed by atoms with van der Waals surface area (Å²) in [5.74, 6) is -0.0528. The van der Waals surface area contributed by atoms with E-state index < -0.39 is 16.2 Å². The molecule has 0 unspecified atom stereocenters. The summed E-state index contributed by atoms with van der Waals surface area (Å²) < 4.78 is 5.67. The molecule has 2 N–H and O–H groups in total. The summed E-state index contributed by atoms with van der Waals surface area (Å²) in [6, 6.07) is 9.12. The van der Waals surface area contributed by atoms with E-state index in [1.54, 1.807) is 39.0 Å². The van der Waals surface area contributed by atoms with Crippen LogP contribution in [0.5, 0.6) is 5.75 Å². The highest BCUT2D eigenvalue weighted by atomic mass is 16.6. The molecule has 0 fully saturated rings. The summed E-state index contributed by atoms with van der Waals surface area (Å²) in [5, 5.41) is 16.4. The van der Waals surface area contributed by atoms with Crippen molar-refractivity contribution in [3.63, 3.8) is 0 Å². The lowest BCUT2D eigenvalue weighted by atomic mass is 9.94. The van der Waals surface area contributed by atoms with Crippen molar-refractivity contribution in [2.45, 2.75) is 20.8 Å². The van der Waals surface area contributed by atoms with Gasteiger partial charge in [0, 0.05) is 22.9 Å². The van der Waals surface area contributed by atoms with Gasteiger partial charge in [-0.15, -0.1) is 0 Å². The molecule has 2 aromatic carbocycles. The Hall–Kier alpha value is -3.42. The maximum atomic E-state index is 12.5. The van der Waals surface area contributed by atoms with Crippen molar-refractivity contribution in [2.75, 3.05) is 17.2 Å². The largest absolute Gasteiger partial charge is 0.490 e. The van der Waals surface area contributed by atoms with Crippen molar-refractivity contribution in [3.8, 4) is 5.75 Å². The van der Waals surface area contributed by atoms with Crippen molar-refractivity contribution >= 4 is 28.9 Å². The summed E-state index contributed by atoms with van der Waals surface area (Å²) in [7, 11) is 0. The molecule has 0 saturated carbocycles. The number of nitro groups is 1. The normalized spacial score (nSPS) is 15.0. The minimum Gasteiger partial charge on any atom is -0.490 e. The number of fused-ring (bicyclic) bond motifs is 1. The van der Waals surface area contributed by atoms with E-state index in [9.17, 15) is 19.7 Å². The minimum atomic E-state index is -0.668. The number of carbonyl (C=O) groups excluding carboxylic acids is 2. The molecule has 2 amide bonds. The SMILES string of the molecule is Cc1cc(C(=O)Nc2ccc3c(c2)NC(=O)C(C)(C)CO3)ccc1[N+](=O)[O-]. The number of nitro benzene ring substituents is 1. The molecule has 140 valence electrons. The van der Waals surface area contributed by atoms with Crippen molar-refractivity contribution in [1.29, 1.82) is 0 Å². The first-order valence-corrected chi connectivity index (χ1v) is 8.32. The van der Waals surface area contributed by atoms with Crippen molar-refractivity contribution < 1.29 is 19.2 Å². The Balaban J connectivity index is 1.81. The van der Waals surface area contributed by atoms with Crippen LogP contribution in [0.3, 0.4) is 0 Å². The van der Waals surface area contributed by atoms with Crippen LogP contribution in [0.1, 0.15) is 29.8 Å². The van der Waals surface area contributed by atoms with Crippen molar-refractivity contribution in [1.82, 2.24) is 0 Å². The lowest BCUT2D eigenvalue weighted by Gasteiger charge is -2.18. The smallest absolute Gasteiger partial charge is 0.272 e. The molecule has 8 nitrogen and oxygen atoms in total. The van der Waals surface area contributed by atoms with E-state index in [4.69, 9.17) is 4.74 Å². The van der Waals surface area contributed by atoms with Crippen molar-refractivity contribution in [3.05, 3.63) is 57.6 Å². The average molecular weight is 369 g/mol. The highest BCUT2D eigenvalue weighted by Crippen LogP contribution is 2.34. The summed E-state index contributed by atoms with van der Waals surface area (Å²) in [4.78, 5) is 35.1. The summed E-state index contributed by atoms with van der Waals surface area (Å²) in [6.07, 6.45) is 0. The van der Waals surface area contributed by atoms with E-state index in [-0.39, 0.29) is 18.2 Å². The fourth-order valence-corrected chi connectivity index (χ4v) is 2.65. The molecule has 1 aliphatic heterocycles. The zero-order valence-electron chi connectivity index (χ0n) is 15.2. The second-order valence-electron chi connectivity index (χ2n) is 7.05. The van der Waals surface area contributed by atoms with Crippen LogP contribution in [-0.2, 0) is 4.79 Å². The number of ether oxygens (including phenoxy) is 1. The van der Waals surface area contributed by atoms with Gasteiger partial charge in [0.2, 0.25) is 5.91 Å². The Labute approximate surface area is 155 Å². The van der Waals surface area contributed by atoms with Gasteiger partial charge in [-0.2, -0.15) is 0 Å². The predicted molar refractivity (Wildman–Crippen MR) is 100 cm³/mol. The van der Waals surface area contributed by atoms with Crippen molar-refractivity contribution in [2.24, 2.45) is 5.41 Å². The van der Waals surface area contributed by atoms with Gasteiger partial charge in [-0.3, -0.25) is 19.7 Å². The van der Waals surface area contributed by atoms with Crippen LogP contribution in [-0.4, -0.2) is 23.3 Å². The molecule has 0 spiro atoms. The number of hydrogen-bond acceptors (Lipinski definition) is 5. The zero-order valence-corrected chi connectivity index (χ0v) is 15.2. The third kappa shape index (κ3) is 3.74. The summed E-state index contributed by atoms with van der Waals surface area (Å²) in [5.41, 5.74) is 0.936. The molecule has 8 heteroatoms. The summed E-state index contributed by atoms with van der Waals surface area (Å²) in [6.45, 7) is 5.40. The molecular formula is C19H19N3O5. The maximum absolute atomic E-state index is 12.5. The van der Waals surface area contributed by atoms with E-state index in [2.05, 4.69) is 10.6 Å². The highest BCUT2D eigenvalue weighted by Gasteiger charge is 2.32. The average Bonchev–Trinajstić information content (AvgIpc) is 2.70. The van der Waals surface area contributed by atoms with Gasteiger partial charge >= 0.3 is 0 Å². The van der Waals surface area contributed by atoms with E-state index in [0.29, 0.717) is 28.3 Å². The van der Waals surface area contributed by atoms with E-state index in [0.717, 1.165) is 0 Å². The second-order valence-corrected chi connectivity index (χ2v) is 7.05. The number of carbonyl (C=O) groups is 2. The standard InChI is InChI=1S/C19H19N3O5/c1-11-8-12(4-6-15(11)22(25)26)17(23)20-13-5-7-16-14(9-13)21-18(24)19(2,3)10-27-16/h4-9H,10H2,1-3H3,(H,20,23)(H,21,24). The molecule has 0 aromatic heterocycles. The van der Waals surface area contributed by atoms with Crippen LogP contribution >= 0.6 is 0 Å². The minimum absolute atomic E-state index is 0.0425. The fraction of sp³-hybridized carbons (Fsp3) is 0.263. The van der Waals surface area contributed by atoms with Gasteiger partial charge < -0.3 is 15.4 Å². The molecule has 0 bridgehead atoms. The molecule has 0 radical (unpaired) electrons. The maximum Gasteiger partial charge on any atom is 0.272 e. The molecule has 2 aromatic rings. The monoisotopic (exact) mass is 369 g/mol. The Bertz CT molecular complexity index is 952. The zero-order chi connectivity index (χ0) is 19.8. The topological polar surface area (TPSA) is 111 Å². The van der Waals surface area contributed by atoms with E-state index >= 15 is 0 Å². The Morgan fingerprint density at radius 3 is 2.67 bits per heavy atom. The van der Waals surface area contributed by atoms with Gasteiger partial charge in [0.05, 0.1) is 16.0 Å². The number of nitrogens with zero attached hydrogens (tertiary/aromatic N) is 1. The fourth-order valence-electron chi connectivity index (χ4n) is 2.65. The Morgan fingerprint density at radius 2 is 2.00 bits per heavy atom. The number of aryl methyl sites for hydroxylation is 1. The van der Waals surface area contributed by atoms with Crippen LogP contribution < -0.4 is 15.4 Å². The lowest BCUT2D eigenvalue weighted by molar-refractivity contribution is -0.385. The first kappa shape index (κ1) is 18.4. The van der Waals surface area contributed by atoms with Gasteiger partial charge in [-0.1, -0.05) is 0 Å². The molecule has 1 aliphatic rings. The second kappa shape index (κ2) is 6.71. The van der Waals surface area contributed by atoms with Gasteiger partial charge in [-0.05, 0) is 51.1 Å². The molecule has 3 rings (SSSR count). The number of benzene rings is 2. The first-order valence-electron chi connectivity index (χ1n) is 8.32. The van der Waals surface area contributed by atoms with Crippen LogP contribution in [0.4, 0.5) is 17.1 Å². The van der Waals surface area contributed by atoms with Crippen LogP contribution in [0.2, 0.25) is 0 Å². The Kier molecular flexibility index (Phi) is 4.57. The molecule has 27 heavy (non-hydrogen) atoms. The number of amides is 2. The number of hydrogen-bond donors (Lipinski definition) is 2. The molecule has 0 aliphatic carbocycles. The van der Waals surface area contributed by atoms with E-state index in [1.165, 1.54) is 18.2 Å². The summed E-state index contributed by atoms with van der Waals surface area (Å²) >= 11 is 0. The quantitative estimate of drug-likeness (QED) is 0.635. The third-order valence-electron chi connectivity index (χ3n) is 4.34. The lowest BCUT2D eigenvalue weighted by Crippen LogP contribution is -2.33. The van der Waals surface area contributed by atoms with Gasteiger partial charge in [0.1, 0.15) is 12.4 Å².